The second kappa shape index (κ2) is 10.1. The van der Waals surface area contributed by atoms with Crippen LogP contribution in [0.4, 0.5) is 5.95 Å². The Morgan fingerprint density at radius 1 is 1.00 bits per heavy atom. The predicted molar refractivity (Wildman–Crippen MR) is 127 cm³/mol. The van der Waals surface area contributed by atoms with Gasteiger partial charge in [-0.1, -0.05) is 44.0 Å². The molecule has 1 amide bonds. The van der Waals surface area contributed by atoms with Gasteiger partial charge in [-0.3, -0.25) is 14.5 Å². The SMILES string of the molecule is CCCCCN1C(=O)[C@H](C(=O)OCC)[C@@H](c2ccc(OCC)cc2)n2c1nc1ccccc12. The number of imidazole rings is 1. The number of para-hydroxylation sites is 2. The summed E-state index contributed by atoms with van der Waals surface area (Å²) in [6.45, 7) is 7.11. The smallest absolute Gasteiger partial charge is 0.321 e. The highest BCUT2D eigenvalue weighted by Gasteiger charge is 2.47. The van der Waals surface area contributed by atoms with Gasteiger partial charge >= 0.3 is 5.97 Å². The summed E-state index contributed by atoms with van der Waals surface area (Å²) >= 11 is 0. The Balaban J connectivity index is 1.89. The number of hydrogen-bond donors (Lipinski definition) is 0. The molecule has 33 heavy (non-hydrogen) atoms. The van der Waals surface area contributed by atoms with E-state index in [0.29, 0.717) is 19.1 Å². The van der Waals surface area contributed by atoms with Crippen LogP contribution in [0.1, 0.15) is 51.6 Å². The van der Waals surface area contributed by atoms with Gasteiger partial charge in [-0.15, -0.1) is 0 Å². The lowest BCUT2D eigenvalue weighted by atomic mass is 9.89. The minimum atomic E-state index is -0.991. The first-order valence-electron chi connectivity index (χ1n) is 11.8. The molecule has 2 atom stereocenters. The number of carbonyl (C=O) groups is 2. The molecule has 0 saturated carbocycles. The number of anilines is 1. The number of fused-ring (bicyclic) bond motifs is 3. The summed E-state index contributed by atoms with van der Waals surface area (Å²) in [5, 5.41) is 0. The summed E-state index contributed by atoms with van der Waals surface area (Å²) in [5.41, 5.74) is 2.51. The van der Waals surface area contributed by atoms with E-state index < -0.39 is 17.9 Å². The number of unbranched alkanes of at least 4 members (excludes halogenated alkanes) is 2. The maximum atomic E-state index is 13.8. The number of esters is 1. The quantitative estimate of drug-likeness (QED) is 0.268. The molecule has 3 aromatic rings. The number of aromatic nitrogens is 2. The van der Waals surface area contributed by atoms with Crippen LogP contribution >= 0.6 is 0 Å². The number of hydrogen-bond acceptors (Lipinski definition) is 5. The van der Waals surface area contributed by atoms with E-state index in [1.54, 1.807) is 11.8 Å². The fraction of sp³-hybridized carbons (Fsp3) is 0.423. The molecule has 2 aromatic carbocycles. The van der Waals surface area contributed by atoms with Crippen molar-refractivity contribution in [2.75, 3.05) is 24.7 Å². The molecule has 0 fully saturated rings. The predicted octanol–water partition coefficient (Wildman–Crippen LogP) is 4.74. The van der Waals surface area contributed by atoms with Crippen LogP contribution in [-0.2, 0) is 14.3 Å². The van der Waals surface area contributed by atoms with Crippen LogP contribution in [0.5, 0.6) is 5.75 Å². The van der Waals surface area contributed by atoms with E-state index >= 15 is 0 Å². The molecule has 1 aliphatic heterocycles. The number of amides is 1. The molecule has 4 rings (SSSR count). The molecule has 0 bridgehead atoms. The van der Waals surface area contributed by atoms with Gasteiger partial charge < -0.3 is 14.0 Å². The normalized spacial score (nSPS) is 17.8. The second-order valence-corrected chi connectivity index (χ2v) is 8.14. The van der Waals surface area contributed by atoms with E-state index in [4.69, 9.17) is 14.5 Å². The van der Waals surface area contributed by atoms with Gasteiger partial charge in [0.2, 0.25) is 11.9 Å². The molecule has 0 aliphatic carbocycles. The average molecular weight is 450 g/mol. The van der Waals surface area contributed by atoms with Gasteiger partial charge in [0.05, 0.1) is 30.3 Å². The molecular weight excluding hydrogens is 418 g/mol. The van der Waals surface area contributed by atoms with Crippen LogP contribution in [0.15, 0.2) is 48.5 Å². The first-order valence-corrected chi connectivity index (χ1v) is 11.8. The van der Waals surface area contributed by atoms with Crippen LogP contribution in [0.25, 0.3) is 11.0 Å². The van der Waals surface area contributed by atoms with Crippen molar-refractivity contribution >= 4 is 28.9 Å². The zero-order valence-corrected chi connectivity index (χ0v) is 19.5. The van der Waals surface area contributed by atoms with E-state index in [9.17, 15) is 9.59 Å². The molecule has 0 radical (unpaired) electrons. The maximum absolute atomic E-state index is 13.8. The van der Waals surface area contributed by atoms with E-state index in [1.807, 2.05) is 60.0 Å². The van der Waals surface area contributed by atoms with Gasteiger partial charge in [-0.05, 0) is 50.1 Å². The Bertz CT molecular complexity index is 1120. The summed E-state index contributed by atoms with van der Waals surface area (Å²) in [5.74, 6) is -0.434. The van der Waals surface area contributed by atoms with Crippen LogP contribution in [-0.4, -0.2) is 41.2 Å². The van der Waals surface area contributed by atoms with Gasteiger partial charge in [-0.25, -0.2) is 4.98 Å². The molecule has 174 valence electrons. The van der Waals surface area contributed by atoms with E-state index in [1.165, 1.54) is 0 Å². The van der Waals surface area contributed by atoms with Crippen LogP contribution < -0.4 is 9.64 Å². The van der Waals surface area contributed by atoms with Gasteiger partial charge in [0.1, 0.15) is 5.75 Å². The van der Waals surface area contributed by atoms with Crippen molar-refractivity contribution in [2.24, 2.45) is 5.92 Å². The largest absolute Gasteiger partial charge is 0.494 e. The van der Waals surface area contributed by atoms with Gasteiger partial charge in [0.25, 0.3) is 0 Å². The number of nitrogens with zero attached hydrogens (tertiary/aromatic N) is 3. The van der Waals surface area contributed by atoms with Gasteiger partial charge in [-0.2, -0.15) is 0 Å². The summed E-state index contributed by atoms with van der Waals surface area (Å²) in [6, 6.07) is 14.8. The lowest BCUT2D eigenvalue weighted by Gasteiger charge is -2.38. The Kier molecular flexibility index (Phi) is 6.96. The van der Waals surface area contributed by atoms with Crippen molar-refractivity contribution in [3.63, 3.8) is 0 Å². The maximum Gasteiger partial charge on any atom is 0.321 e. The number of ether oxygens (including phenoxy) is 2. The lowest BCUT2D eigenvalue weighted by Crippen LogP contribution is -2.50. The van der Waals surface area contributed by atoms with Crippen LogP contribution in [0.2, 0.25) is 0 Å². The molecule has 7 heteroatoms. The topological polar surface area (TPSA) is 73.7 Å². The van der Waals surface area contributed by atoms with Crippen LogP contribution in [0.3, 0.4) is 0 Å². The number of benzene rings is 2. The zero-order valence-electron chi connectivity index (χ0n) is 19.5. The third-order valence-corrected chi connectivity index (χ3v) is 6.00. The first kappa shape index (κ1) is 22.8. The van der Waals surface area contributed by atoms with Crippen molar-refractivity contribution in [1.82, 2.24) is 9.55 Å². The Morgan fingerprint density at radius 3 is 2.45 bits per heavy atom. The van der Waals surface area contributed by atoms with Crippen molar-refractivity contribution in [3.05, 3.63) is 54.1 Å². The minimum absolute atomic E-state index is 0.214. The molecule has 1 aliphatic rings. The standard InChI is InChI=1S/C26H31N3O4/c1-4-7-10-17-28-24(30)22(25(31)33-6-3)23(18-13-15-19(16-14-18)32-5-2)29-21-12-9-8-11-20(21)27-26(28)29/h8-9,11-16,22-23H,4-7,10,17H2,1-3H3/t22-,23-/m1/s1. The Labute approximate surface area is 194 Å². The summed E-state index contributed by atoms with van der Waals surface area (Å²) in [6.07, 6.45) is 2.87. The van der Waals surface area contributed by atoms with Crippen LogP contribution in [0, 0.1) is 5.92 Å². The molecule has 7 nitrogen and oxygen atoms in total. The summed E-state index contributed by atoms with van der Waals surface area (Å²) < 4.78 is 13.0. The molecule has 0 N–H and O–H groups in total. The fourth-order valence-electron chi connectivity index (χ4n) is 4.51. The highest BCUT2D eigenvalue weighted by molar-refractivity contribution is 6.08. The number of carbonyl (C=O) groups excluding carboxylic acids is 2. The molecular formula is C26H31N3O4. The third kappa shape index (κ3) is 4.32. The molecule has 2 heterocycles. The van der Waals surface area contributed by atoms with E-state index in [0.717, 1.165) is 41.6 Å². The molecule has 0 saturated heterocycles. The number of rotatable bonds is 9. The second-order valence-electron chi connectivity index (χ2n) is 8.14. The highest BCUT2D eigenvalue weighted by atomic mass is 16.5. The van der Waals surface area contributed by atoms with Gasteiger partial charge in [0.15, 0.2) is 5.92 Å². The Morgan fingerprint density at radius 2 is 1.76 bits per heavy atom. The van der Waals surface area contributed by atoms with Crippen molar-refractivity contribution in [2.45, 2.75) is 46.1 Å². The molecule has 0 spiro atoms. The van der Waals surface area contributed by atoms with E-state index in [2.05, 4.69) is 6.92 Å². The zero-order chi connectivity index (χ0) is 23.4. The summed E-state index contributed by atoms with van der Waals surface area (Å²) in [4.78, 5) is 33.4. The average Bonchev–Trinajstić information content (AvgIpc) is 3.20. The fourth-order valence-corrected chi connectivity index (χ4v) is 4.51. The Hall–Kier alpha value is -3.35. The van der Waals surface area contributed by atoms with Gasteiger partial charge in [0, 0.05) is 6.54 Å². The first-order chi connectivity index (χ1) is 16.1. The highest BCUT2D eigenvalue weighted by Crippen LogP contribution is 2.41. The van der Waals surface area contributed by atoms with E-state index in [-0.39, 0.29) is 12.5 Å². The lowest BCUT2D eigenvalue weighted by molar-refractivity contribution is -0.153. The van der Waals surface area contributed by atoms with Crippen molar-refractivity contribution in [1.29, 1.82) is 0 Å². The third-order valence-electron chi connectivity index (χ3n) is 6.00. The minimum Gasteiger partial charge on any atom is -0.494 e. The molecule has 1 aromatic heterocycles. The van der Waals surface area contributed by atoms with Crippen molar-refractivity contribution in [3.8, 4) is 5.75 Å². The monoisotopic (exact) mass is 449 g/mol. The summed E-state index contributed by atoms with van der Waals surface area (Å²) in [7, 11) is 0. The molecule has 0 unspecified atom stereocenters. The van der Waals surface area contributed by atoms with Crippen molar-refractivity contribution < 1.29 is 19.1 Å².